The lowest BCUT2D eigenvalue weighted by molar-refractivity contribution is 0.669. The van der Waals surface area contributed by atoms with E-state index < -0.39 is 0 Å². The number of nitrogens with zero attached hydrogens (tertiary/aromatic N) is 2. The predicted molar refractivity (Wildman–Crippen MR) is 290 cm³/mol. The minimum absolute atomic E-state index is 0.904. The zero-order valence-corrected chi connectivity index (χ0v) is 37.7. The Morgan fingerprint density at radius 3 is 1.25 bits per heavy atom. The molecular weight excluding hydrogens is 837 g/mol. The lowest BCUT2D eigenvalue weighted by Crippen LogP contribution is -2.10. The van der Waals surface area contributed by atoms with Crippen LogP contribution in [0.3, 0.4) is 0 Å². The molecule has 0 saturated carbocycles. The molecular formula is C66H44N2O. The van der Waals surface area contributed by atoms with Crippen LogP contribution in [0.2, 0.25) is 0 Å². The van der Waals surface area contributed by atoms with Gasteiger partial charge in [0.1, 0.15) is 11.2 Å². The minimum Gasteiger partial charge on any atom is -0.456 e. The molecule has 0 unspecified atom stereocenters. The number of rotatable bonds is 9. The van der Waals surface area contributed by atoms with E-state index in [4.69, 9.17) is 4.42 Å². The van der Waals surface area contributed by atoms with Crippen molar-refractivity contribution in [1.82, 2.24) is 4.57 Å². The molecule has 0 amide bonds. The number of anilines is 3. The summed E-state index contributed by atoms with van der Waals surface area (Å²) in [6, 6.07) is 96.1. The molecule has 324 valence electrons. The van der Waals surface area contributed by atoms with Gasteiger partial charge < -0.3 is 13.9 Å². The first kappa shape index (κ1) is 40.1. The largest absolute Gasteiger partial charge is 0.456 e. The summed E-state index contributed by atoms with van der Waals surface area (Å²) in [5, 5.41) is 4.82. The SMILES string of the molecule is c1ccc(-c2cccc(N(c3ccc(-c4ccc(-c5cccc(-n6c7ccccc7c7ccccc76)c5)cc4)cc3)c3cccc(-c4ccc(-c5ccc6c(c5)oc5ccccc56)cc4)c3)c2)cc1. The van der Waals surface area contributed by atoms with Gasteiger partial charge in [-0.1, -0.05) is 188 Å². The van der Waals surface area contributed by atoms with E-state index in [1.54, 1.807) is 0 Å². The Morgan fingerprint density at radius 1 is 0.246 bits per heavy atom. The summed E-state index contributed by atoms with van der Waals surface area (Å²) in [6.07, 6.45) is 0. The molecule has 0 atom stereocenters. The van der Waals surface area contributed by atoms with Crippen LogP contribution in [0, 0.1) is 0 Å². The topological polar surface area (TPSA) is 21.3 Å². The van der Waals surface area contributed by atoms with Crippen molar-refractivity contribution in [2.45, 2.75) is 0 Å². The number of hydrogen-bond acceptors (Lipinski definition) is 2. The molecule has 0 aliphatic rings. The molecule has 11 aromatic carbocycles. The quantitative estimate of drug-likeness (QED) is 0.144. The summed E-state index contributed by atoms with van der Waals surface area (Å²) in [5.41, 5.74) is 20.3. The molecule has 0 spiro atoms. The molecule has 2 aromatic heterocycles. The van der Waals surface area contributed by atoms with Crippen LogP contribution in [0.4, 0.5) is 17.1 Å². The highest BCUT2D eigenvalue weighted by Crippen LogP contribution is 2.41. The molecule has 0 aliphatic heterocycles. The van der Waals surface area contributed by atoms with E-state index in [0.29, 0.717) is 0 Å². The van der Waals surface area contributed by atoms with Crippen LogP contribution in [0.25, 0.3) is 105 Å². The minimum atomic E-state index is 0.904. The van der Waals surface area contributed by atoms with Gasteiger partial charge in [0.15, 0.2) is 0 Å². The Hall–Kier alpha value is -9.18. The second-order valence-electron chi connectivity index (χ2n) is 17.7. The Balaban J connectivity index is 0.811. The van der Waals surface area contributed by atoms with Crippen molar-refractivity contribution in [2.24, 2.45) is 0 Å². The van der Waals surface area contributed by atoms with Crippen molar-refractivity contribution < 1.29 is 4.42 Å². The van der Waals surface area contributed by atoms with Crippen molar-refractivity contribution in [3.63, 3.8) is 0 Å². The zero-order chi connectivity index (χ0) is 45.7. The highest BCUT2D eigenvalue weighted by Gasteiger charge is 2.17. The number of aromatic nitrogens is 1. The highest BCUT2D eigenvalue weighted by atomic mass is 16.3. The number of benzene rings is 11. The summed E-state index contributed by atoms with van der Waals surface area (Å²) in [4.78, 5) is 2.36. The van der Waals surface area contributed by atoms with Gasteiger partial charge in [-0.25, -0.2) is 0 Å². The Bertz CT molecular complexity index is 3940. The Labute approximate surface area is 401 Å². The standard InChI is InChI=1S/C66H44N2O/c1-2-13-45(14-3-1)51-15-10-18-56(41-51)67(57-19-11-16-52(42-57)49-31-33-50(34-32-49)54-37-40-62-61-23-6-9-26-65(61)69-66(62)44-54)55-38-35-47(36-39-55)46-27-29-48(30-28-46)53-17-12-20-58(43-53)68-63-24-7-4-21-59(63)60-22-5-8-25-64(60)68/h1-44H. The molecule has 3 nitrogen and oxygen atoms in total. The van der Waals surface area contributed by atoms with E-state index in [2.05, 4.69) is 264 Å². The number of hydrogen-bond donors (Lipinski definition) is 0. The molecule has 2 heterocycles. The van der Waals surface area contributed by atoms with Crippen molar-refractivity contribution in [2.75, 3.05) is 4.90 Å². The molecule has 13 aromatic rings. The molecule has 0 aliphatic carbocycles. The molecule has 13 rings (SSSR count). The maximum Gasteiger partial charge on any atom is 0.136 e. The second-order valence-corrected chi connectivity index (χ2v) is 17.7. The molecule has 0 radical (unpaired) electrons. The van der Waals surface area contributed by atoms with Crippen LogP contribution in [0.1, 0.15) is 0 Å². The van der Waals surface area contributed by atoms with E-state index >= 15 is 0 Å². The lowest BCUT2D eigenvalue weighted by atomic mass is 9.98. The van der Waals surface area contributed by atoms with E-state index in [0.717, 1.165) is 72.5 Å². The van der Waals surface area contributed by atoms with Crippen molar-refractivity contribution >= 4 is 60.8 Å². The first-order valence-corrected chi connectivity index (χ1v) is 23.6. The maximum atomic E-state index is 6.22. The van der Waals surface area contributed by atoms with Crippen LogP contribution in [-0.2, 0) is 0 Å². The van der Waals surface area contributed by atoms with Crippen LogP contribution in [-0.4, -0.2) is 4.57 Å². The molecule has 0 N–H and O–H groups in total. The number of para-hydroxylation sites is 3. The van der Waals surface area contributed by atoms with Gasteiger partial charge in [-0.15, -0.1) is 0 Å². The molecule has 3 heteroatoms. The lowest BCUT2D eigenvalue weighted by Gasteiger charge is -2.27. The first-order chi connectivity index (χ1) is 34.2. The molecule has 0 saturated heterocycles. The summed E-state index contributed by atoms with van der Waals surface area (Å²) < 4.78 is 8.60. The average Bonchev–Trinajstić information content (AvgIpc) is 3.97. The van der Waals surface area contributed by atoms with Gasteiger partial charge in [0.25, 0.3) is 0 Å². The average molecular weight is 881 g/mol. The fourth-order valence-corrected chi connectivity index (χ4v) is 10.2. The monoisotopic (exact) mass is 880 g/mol. The van der Waals surface area contributed by atoms with Gasteiger partial charge >= 0.3 is 0 Å². The van der Waals surface area contributed by atoms with E-state index in [9.17, 15) is 0 Å². The van der Waals surface area contributed by atoms with Gasteiger partial charge in [-0.2, -0.15) is 0 Å². The maximum absolute atomic E-state index is 6.22. The van der Waals surface area contributed by atoms with Gasteiger partial charge in [0.05, 0.1) is 11.0 Å². The Morgan fingerprint density at radius 2 is 0.652 bits per heavy atom. The fraction of sp³-hybridized carbons (Fsp3) is 0. The van der Waals surface area contributed by atoms with E-state index in [1.165, 1.54) is 49.6 Å². The third-order valence-electron chi connectivity index (χ3n) is 13.6. The van der Waals surface area contributed by atoms with Gasteiger partial charge in [-0.05, 0) is 134 Å². The predicted octanol–water partition coefficient (Wildman–Crippen LogP) is 18.5. The van der Waals surface area contributed by atoms with Crippen molar-refractivity contribution in [1.29, 1.82) is 0 Å². The van der Waals surface area contributed by atoms with Crippen LogP contribution >= 0.6 is 0 Å². The summed E-state index contributed by atoms with van der Waals surface area (Å²) in [7, 11) is 0. The second kappa shape index (κ2) is 16.9. The molecule has 0 bridgehead atoms. The van der Waals surface area contributed by atoms with E-state index in [1.807, 2.05) is 12.1 Å². The smallest absolute Gasteiger partial charge is 0.136 e. The summed E-state index contributed by atoms with van der Waals surface area (Å²) >= 11 is 0. The number of furan rings is 1. The zero-order valence-electron chi connectivity index (χ0n) is 37.7. The van der Waals surface area contributed by atoms with Crippen molar-refractivity contribution in [3.05, 3.63) is 267 Å². The van der Waals surface area contributed by atoms with Crippen LogP contribution in [0.5, 0.6) is 0 Å². The van der Waals surface area contributed by atoms with Crippen LogP contribution < -0.4 is 4.90 Å². The van der Waals surface area contributed by atoms with Crippen molar-refractivity contribution in [3.8, 4) is 61.3 Å². The van der Waals surface area contributed by atoms with E-state index in [-0.39, 0.29) is 0 Å². The van der Waals surface area contributed by atoms with Gasteiger partial charge in [0.2, 0.25) is 0 Å². The summed E-state index contributed by atoms with van der Waals surface area (Å²) in [6.45, 7) is 0. The summed E-state index contributed by atoms with van der Waals surface area (Å²) in [5.74, 6) is 0. The third-order valence-corrected chi connectivity index (χ3v) is 13.6. The van der Waals surface area contributed by atoms with Gasteiger partial charge in [0, 0.05) is 44.3 Å². The van der Waals surface area contributed by atoms with Crippen LogP contribution in [0.15, 0.2) is 271 Å². The third kappa shape index (κ3) is 7.34. The van der Waals surface area contributed by atoms with Gasteiger partial charge in [-0.3, -0.25) is 0 Å². The number of fused-ring (bicyclic) bond motifs is 6. The molecule has 0 fully saturated rings. The normalized spacial score (nSPS) is 11.5. The fourth-order valence-electron chi connectivity index (χ4n) is 10.2. The Kier molecular flexibility index (Phi) is 9.84. The highest BCUT2D eigenvalue weighted by molar-refractivity contribution is 6.09. The molecule has 69 heavy (non-hydrogen) atoms. The first-order valence-electron chi connectivity index (χ1n) is 23.6.